The predicted octanol–water partition coefficient (Wildman–Crippen LogP) is 4.46. The Morgan fingerprint density at radius 1 is 0.606 bits per heavy atom. The molecule has 0 aliphatic heterocycles. The Morgan fingerprint density at radius 2 is 0.879 bits per heavy atom. The van der Waals surface area contributed by atoms with E-state index in [-0.39, 0.29) is 22.6 Å². The fraction of sp³-hybridized carbons (Fsp3) is 0.926. The largest absolute Gasteiger partial charge is 0.388 e. The number of carbonyl (C=O) groups excluding carboxylic acids is 2. The van der Waals surface area contributed by atoms with Crippen LogP contribution in [-0.2, 0) is 9.59 Å². The molecule has 0 unspecified atom stereocenters. The second-order valence-electron chi connectivity index (χ2n) is 13.5. The molecule has 6 heteroatoms. The van der Waals surface area contributed by atoms with E-state index in [2.05, 4.69) is 10.6 Å². The predicted molar refractivity (Wildman–Crippen MR) is 133 cm³/mol. The van der Waals surface area contributed by atoms with Crippen LogP contribution in [0.4, 0.5) is 0 Å². The van der Waals surface area contributed by atoms with Gasteiger partial charge in [0.1, 0.15) is 5.41 Å². The molecule has 2 atom stereocenters. The van der Waals surface area contributed by atoms with Crippen LogP contribution in [0.5, 0.6) is 0 Å². The van der Waals surface area contributed by atoms with E-state index in [1.54, 1.807) is 13.8 Å². The lowest BCUT2D eigenvalue weighted by atomic mass is 9.69. The molecular weight excluding hydrogens is 416 g/mol. The summed E-state index contributed by atoms with van der Waals surface area (Å²) in [6.45, 7) is 15.4. The van der Waals surface area contributed by atoms with Gasteiger partial charge < -0.3 is 20.8 Å². The number of amides is 2. The molecular formula is C27H50N2O4. The second kappa shape index (κ2) is 9.85. The molecule has 0 radical (unpaired) electrons. The molecule has 4 N–H and O–H groups in total. The zero-order chi connectivity index (χ0) is 25.3. The van der Waals surface area contributed by atoms with Crippen molar-refractivity contribution < 1.29 is 19.8 Å². The Kier molecular flexibility index (Phi) is 8.39. The third-order valence-electron chi connectivity index (χ3n) is 7.93. The zero-order valence-electron chi connectivity index (χ0n) is 22.4. The summed E-state index contributed by atoms with van der Waals surface area (Å²) >= 11 is 0. The topological polar surface area (TPSA) is 98.7 Å². The van der Waals surface area contributed by atoms with Gasteiger partial charge in [0.2, 0.25) is 11.8 Å². The van der Waals surface area contributed by atoms with E-state index in [0.29, 0.717) is 25.7 Å². The van der Waals surface area contributed by atoms with Crippen LogP contribution in [0, 0.1) is 16.2 Å². The number of rotatable bonds is 6. The van der Waals surface area contributed by atoms with Crippen LogP contribution >= 0.6 is 0 Å². The van der Waals surface area contributed by atoms with Gasteiger partial charge in [-0.05, 0) is 50.4 Å². The van der Waals surface area contributed by atoms with Crippen molar-refractivity contribution in [1.29, 1.82) is 0 Å². The maximum atomic E-state index is 13.5. The first-order valence-corrected chi connectivity index (χ1v) is 13.0. The molecule has 33 heavy (non-hydrogen) atoms. The number of hydrogen-bond acceptors (Lipinski definition) is 4. The Hall–Kier alpha value is -1.14. The van der Waals surface area contributed by atoms with Gasteiger partial charge >= 0.3 is 0 Å². The summed E-state index contributed by atoms with van der Waals surface area (Å²) in [6, 6.07) is -0.906. The van der Waals surface area contributed by atoms with Gasteiger partial charge in [-0.25, -0.2) is 0 Å². The van der Waals surface area contributed by atoms with Crippen molar-refractivity contribution in [2.24, 2.45) is 16.2 Å². The van der Waals surface area contributed by atoms with Crippen LogP contribution in [0.15, 0.2) is 0 Å². The molecule has 6 nitrogen and oxygen atoms in total. The van der Waals surface area contributed by atoms with Crippen LogP contribution in [0.1, 0.15) is 120 Å². The van der Waals surface area contributed by atoms with E-state index in [9.17, 15) is 19.8 Å². The maximum absolute atomic E-state index is 13.5. The van der Waals surface area contributed by atoms with Gasteiger partial charge in [-0.2, -0.15) is 0 Å². The van der Waals surface area contributed by atoms with Gasteiger partial charge in [0, 0.05) is 0 Å². The highest BCUT2D eigenvalue weighted by Crippen LogP contribution is 2.40. The molecule has 2 saturated carbocycles. The molecule has 2 amide bonds. The van der Waals surface area contributed by atoms with E-state index in [1.807, 2.05) is 41.5 Å². The van der Waals surface area contributed by atoms with E-state index in [0.717, 1.165) is 38.5 Å². The molecule has 0 aromatic rings. The van der Waals surface area contributed by atoms with E-state index >= 15 is 0 Å². The Balaban J connectivity index is 2.23. The van der Waals surface area contributed by atoms with Gasteiger partial charge in [0.05, 0.1) is 23.3 Å². The lowest BCUT2D eigenvalue weighted by Gasteiger charge is -2.48. The van der Waals surface area contributed by atoms with Crippen molar-refractivity contribution in [2.45, 2.75) is 143 Å². The summed E-state index contributed by atoms with van der Waals surface area (Å²) in [6.07, 6.45) is 8.56. The molecule has 0 spiro atoms. The summed E-state index contributed by atoms with van der Waals surface area (Å²) in [4.78, 5) is 27.0. The number of hydrogen-bond donors (Lipinski definition) is 4. The smallest absolute Gasteiger partial charge is 0.235 e. The van der Waals surface area contributed by atoms with E-state index < -0.39 is 28.7 Å². The van der Waals surface area contributed by atoms with Crippen molar-refractivity contribution in [1.82, 2.24) is 10.6 Å². The highest BCUT2D eigenvalue weighted by atomic mass is 16.3. The molecule has 2 fully saturated rings. The average molecular weight is 467 g/mol. The molecule has 0 bridgehead atoms. The molecule has 2 aliphatic rings. The fourth-order valence-corrected chi connectivity index (χ4v) is 5.95. The molecule has 2 rings (SSSR count). The van der Waals surface area contributed by atoms with E-state index in [4.69, 9.17) is 0 Å². The number of carbonyl (C=O) groups is 2. The normalized spacial score (nSPS) is 23.3. The van der Waals surface area contributed by atoms with Gasteiger partial charge in [0.15, 0.2) is 0 Å². The lowest BCUT2D eigenvalue weighted by molar-refractivity contribution is -0.149. The lowest BCUT2D eigenvalue weighted by Crippen LogP contribution is -2.65. The molecule has 0 aromatic carbocycles. The van der Waals surface area contributed by atoms with Crippen LogP contribution < -0.4 is 10.6 Å². The van der Waals surface area contributed by atoms with Crippen molar-refractivity contribution in [3.05, 3.63) is 0 Å². The first-order chi connectivity index (χ1) is 14.9. The first kappa shape index (κ1) is 28.1. The van der Waals surface area contributed by atoms with Crippen LogP contribution in [0.2, 0.25) is 0 Å². The van der Waals surface area contributed by atoms with Crippen molar-refractivity contribution in [2.75, 3.05) is 0 Å². The third kappa shape index (κ3) is 6.50. The van der Waals surface area contributed by atoms with Crippen LogP contribution in [0.25, 0.3) is 0 Å². The quantitative estimate of drug-likeness (QED) is 0.434. The zero-order valence-corrected chi connectivity index (χ0v) is 22.4. The number of aliphatic hydroxyl groups is 2. The van der Waals surface area contributed by atoms with Gasteiger partial charge in [0.25, 0.3) is 0 Å². The third-order valence-corrected chi connectivity index (χ3v) is 7.93. The van der Waals surface area contributed by atoms with Gasteiger partial charge in [-0.15, -0.1) is 0 Å². The van der Waals surface area contributed by atoms with Crippen molar-refractivity contribution in [3.8, 4) is 0 Å². The molecule has 0 heterocycles. The van der Waals surface area contributed by atoms with Crippen molar-refractivity contribution in [3.63, 3.8) is 0 Å². The monoisotopic (exact) mass is 466 g/mol. The van der Waals surface area contributed by atoms with Crippen LogP contribution in [-0.4, -0.2) is 45.3 Å². The van der Waals surface area contributed by atoms with E-state index in [1.165, 1.54) is 0 Å². The number of nitrogens with one attached hydrogen (secondary N) is 2. The highest BCUT2D eigenvalue weighted by Gasteiger charge is 2.50. The fourth-order valence-electron chi connectivity index (χ4n) is 5.95. The maximum Gasteiger partial charge on any atom is 0.235 e. The SMILES string of the molecule is CC(C)(C(=O)N[C@H](C(C)(C)C)C1(O)CCCCC1)C(=O)N[C@H](C(C)(C)C)C1(O)CCCCC1. The molecule has 0 aromatic heterocycles. The standard InChI is InChI=1S/C27H50N2O4/c1-23(2,3)19(26(32)15-11-9-12-16-26)28-21(30)25(7,8)22(31)29-20(24(4,5)6)27(33)17-13-10-14-18-27/h19-20,32-33H,9-18H2,1-8H3,(H,28,30)(H,29,31)/t19-,20-/m1/s1. The summed E-state index contributed by atoms with van der Waals surface area (Å²) in [7, 11) is 0. The Labute approximate surface area is 201 Å². The Bertz CT molecular complexity index is 632. The molecule has 0 saturated heterocycles. The minimum Gasteiger partial charge on any atom is -0.388 e. The first-order valence-electron chi connectivity index (χ1n) is 13.0. The minimum atomic E-state index is -1.34. The van der Waals surface area contributed by atoms with Crippen LogP contribution in [0.3, 0.4) is 0 Å². The minimum absolute atomic E-state index is 0.362. The Morgan fingerprint density at radius 3 is 1.12 bits per heavy atom. The molecule has 192 valence electrons. The average Bonchev–Trinajstić information content (AvgIpc) is 2.68. The molecule has 2 aliphatic carbocycles. The second-order valence-corrected chi connectivity index (χ2v) is 13.5. The summed E-state index contributed by atoms with van der Waals surface area (Å²) in [5, 5.41) is 29.0. The summed E-state index contributed by atoms with van der Waals surface area (Å²) in [5.41, 5.74) is -4.00. The summed E-state index contributed by atoms with van der Waals surface area (Å²) < 4.78 is 0. The highest BCUT2D eigenvalue weighted by molar-refractivity contribution is 6.04. The van der Waals surface area contributed by atoms with Crippen molar-refractivity contribution >= 4 is 11.8 Å². The van der Waals surface area contributed by atoms with Gasteiger partial charge in [-0.1, -0.05) is 80.1 Å². The van der Waals surface area contributed by atoms with Gasteiger partial charge in [-0.3, -0.25) is 9.59 Å². The summed E-state index contributed by atoms with van der Waals surface area (Å²) in [5.74, 6) is -0.774.